The molecule has 3 N–H and O–H groups in total. The third kappa shape index (κ3) is 5.22. The number of fused-ring (bicyclic) bond motifs is 1. The highest BCUT2D eigenvalue weighted by Gasteiger charge is 2.24. The van der Waals surface area contributed by atoms with E-state index < -0.39 is 16.9 Å². The summed E-state index contributed by atoms with van der Waals surface area (Å²) < 4.78 is 5.42. The van der Waals surface area contributed by atoms with Crippen molar-refractivity contribution in [3.05, 3.63) is 63.7 Å². The summed E-state index contributed by atoms with van der Waals surface area (Å²) in [4.78, 5) is 34.0. The van der Waals surface area contributed by atoms with E-state index >= 15 is 0 Å². The minimum absolute atomic E-state index is 0.00718. The monoisotopic (exact) mass is 399 g/mol. The maximum absolute atomic E-state index is 12.2. The number of hydrogen-bond acceptors (Lipinski definition) is 6. The van der Waals surface area contributed by atoms with Gasteiger partial charge in [-0.25, -0.2) is 4.79 Å². The van der Waals surface area contributed by atoms with Crippen molar-refractivity contribution < 1.29 is 24.4 Å². The summed E-state index contributed by atoms with van der Waals surface area (Å²) in [6, 6.07) is 10.0. The number of carbonyl (C=O) groups is 2. The van der Waals surface area contributed by atoms with Crippen molar-refractivity contribution in [1.82, 2.24) is 5.32 Å². The van der Waals surface area contributed by atoms with E-state index in [-0.39, 0.29) is 18.0 Å². The van der Waals surface area contributed by atoms with Gasteiger partial charge in [0.1, 0.15) is 5.75 Å². The van der Waals surface area contributed by atoms with Crippen LogP contribution in [-0.4, -0.2) is 35.1 Å². The molecule has 9 heteroatoms. The van der Waals surface area contributed by atoms with E-state index in [0.717, 1.165) is 17.7 Å². The number of anilines is 1. The van der Waals surface area contributed by atoms with Gasteiger partial charge in [0.15, 0.2) is 6.04 Å². The smallest absolute Gasteiger partial charge is 0.330 e. The molecule has 0 bridgehead atoms. The quantitative estimate of drug-likeness (QED) is 0.336. The van der Waals surface area contributed by atoms with Gasteiger partial charge in [0, 0.05) is 37.2 Å². The van der Waals surface area contributed by atoms with Gasteiger partial charge in [0.2, 0.25) is 5.91 Å². The molecule has 0 spiro atoms. The van der Waals surface area contributed by atoms with Gasteiger partial charge in [-0.2, -0.15) is 0 Å². The number of nitro groups is 1. The van der Waals surface area contributed by atoms with Crippen LogP contribution in [0.1, 0.15) is 30.0 Å². The Kier molecular flexibility index (Phi) is 6.28. The summed E-state index contributed by atoms with van der Waals surface area (Å²) in [5.74, 6) is -0.734. The largest absolute Gasteiger partial charge is 0.493 e. The lowest BCUT2D eigenvalue weighted by Crippen LogP contribution is -2.33. The highest BCUT2D eigenvalue weighted by Crippen LogP contribution is 2.28. The number of nitrogens with one attached hydrogen (secondary N) is 2. The Labute approximate surface area is 166 Å². The fraction of sp³-hybridized carbons (Fsp3) is 0.300. The molecule has 29 heavy (non-hydrogen) atoms. The van der Waals surface area contributed by atoms with Crippen molar-refractivity contribution in [2.75, 3.05) is 18.5 Å². The van der Waals surface area contributed by atoms with Crippen molar-refractivity contribution in [2.45, 2.75) is 25.3 Å². The van der Waals surface area contributed by atoms with Gasteiger partial charge in [-0.05, 0) is 41.8 Å². The minimum Gasteiger partial charge on any atom is -0.493 e. The van der Waals surface area contributed by atoms with E-state index in [9.17, 15) is 24.8 Å². The van der Waals surface area contributed by atoms with Crippen LogP contribution >= 0.6 is 0 Å². The molecule has 2 aromatic carbocycles. The number of nitrogens with zero attached hydrogens (tertiary/aromatic N) is 1. The standard InChI is InChI=1S/C20H21N3O6/c24-18(2-1-10-21-15-4-6-16(7-5-15)23(27)28)22-19(20(25)26)14-3-8-17-13(12-14)9-11-29-17/h3-8,12,19,21H,1-2,9-11H2,(H,22,24)(H,25,26). The molecule has 1 aliphatic rings. The number of aliphatic carboxylic acids is 1. The lowest BCUT2D eigenvalue weighted by Gasteiger charge is -2.16. The number of hydrogen-bond donors (Lipinski definition) is 3. The molecule has 9 nitrogen and oxygen atoms in total. The van der Waals surface area contributed by atoms with Crippen LogP contribution in [0.2, 0.25) is 0 Å². The second kappa shape index (κ2) is 9.05. The highest BCUT2D eigenvalue weighted by molar-refractivity contribution is 5.84. The Hall–Kier alpha value is -3.62. The topological polar surface area (TPSA) is 131 Å². The van der Waals surface area contributed by atoms with E-state index in [1.165, 1.54) is 12.1 Å². The fourth-order valence-electron chi connectivity index (χ4n) is 3.09. The van der Waals surface area contributed by atoms with Gasteiger partial charge in [0.05, 0.1) is 11.5 Å². The summed E-state index contributed by atoms with van der Waals surface area (Å²) >= 11 is 0. The van der Waals surface area contributed by atoms with Gasteiger partial charge in [-0.15, -0.1) is 0 Å². The summed E-state index contributed by atoms with van der Waals surface area (Å²) in [7, 11) is 0. The van der Waals surface area contributed by atoms with Crippen LogP contribution in [0.15, 0.2) is 42.5 Å². The first kappa shape index (κ1) is 20.1. The summed E-state index contributed by atoms with van der Waals surface area (Å²) in [5.41, 5.74) is 2.17. The molecule has 0 saturated carbocycles. The van der Waals surface area contributed by atoms with Gasteiger partial charge in [0.25, 0.3) is 5.69 Å². The van der Waals surface area contributed by atoms with Gasteiger partial charge >= 0.3 is 5.97 Å². The van der Waals surface area contributed by atoms with Crippen LogP contribution in [-0.2, 0) is 16.0 Å². The van der Waals surface area contributed by atoms with Crippen LogP contribution in [0, 0.1) is 10.1 Å². The number of carboxylic acids is 1. The van der Waals surface area contributed by atoms with Crippen molar-refractivity contribution in [2.24, 2.45) is 0 Å². The predicted octanol–water partition coefficient (Wildman–Crippen LogP) is 2.66. The first-order chi connectivity index (χ1) is 13.9. The molecule has 1 heterocycles. The summed E-state index contributed by atoms with van der Waals surface area (Å²) in [5, 5.41) is 25.8. The number of benzene rings is 2. The minimum atomic E-state index is -1.12. The van der Waals surface area contributed by atoms with Crippen LogP contribution in [0.5, 0.6) is 5.75 Å². The maximum Gasteiger partial charge on any atom is 0.330 e. The van der Waals surface area contributed by atoms with Crippen molar-refractivity contribution in [3.63, 3.8) is 0 Å². The molecule has 2 aromatic rings. The van der Waals surface area contributed by atoms with Crippen molar-refractivity contribution in [1.29, 1.82) is 0 Å². The SMILES string of the molecule is O=C(CCCNc1ccc([N+](=O)[O-])cc1)NC(C(=O)O)c1ccc2c(c1)CCO2. The van der Waals surface area contributed by atoms with Crippen LogP contribution in [0.4, 0.5) is 11.4 Å². The van der Waals surface area contributed by atoms with E-state index in [1.807, 2.05) is 0 Å². The molecule has 0 fully saturated rings. The number of ether oxygens (including phenoxy) is 1. The average molecular weight is 399 g/mol. The van der Waals surface area contributed by atoms with Crippen LogP contribution in [0.3, 0.4) is 0 Å². The second-order valence-electron chi connectivity index (χ2n) is 6.64. The number of carboxylic acid groups (broad SMARTS) is 1. The third-order valence-corrected chi connectivity index (χ3v) is 4.59. The molecule has 3 rings (SSSR count). The zero-order chi connectivity index (χ0) is 20.8. The lowest BCUT2D eigenvalue weighted by molar-refractivity contribution is -0.384. The Morgan fingerprint density at radius 2 is 1.97 bits per heavy atom. The first-order valence-corrected chi connectivity index (χ1v) is 9.20. The molecule has 1 atom stereocenters. The van der Waals surface area contributed by atoms with Crippen molar-refractivity contribution in [3.8, 4) is 5.75 Å². The summed E-state index contributed by atoms with van der Waals surface area (Å²) in [6.45, 7) is 1.05. The molecule has 0 saturated heterocycles. The van der Waals surface area contributed by atoms with E-state index in [2.05, 4.69) is 10.6 Å². The lowest BCUT2D eigenvalue weighted by atomic mass is 10.0. The molecule has 0 radical (unpaired) electrons. The van der Waals surface area contributed by atoms with Crippen molar-refractivity contribution >= 4 is 23.3 Å². The Morgan fingerprint density at radius 1 is 1.21 bits per heavy atom. The van der Waals surface area contributed by atoms with Gasteiger partial charge < -0.3 is 20.5 Å². The molecular weight excluding hydrogens is 378 g/mol. The van der Waals surface area contributed by atoms with Crippen LogP contribution < -0.4 is 15.4 Å². The van der Waals surface area contributed by atoms with Gasteiger partial charge in [-0.3, -0.25) is 14.9 Å². The third-order valence-electron chi connectivity index (χ3n) is 4.59. The van der Waals surface area contributed by atoms with E-state index in [4.69, 9.17) is 4.74 Å². The van der Waals surface area contributed by atoms with Gasteiger partial charge in [-0.1, -0.05) is 6.07 Å². The number of carbonyl (C=O) groups excluding carboxylic acids is 1. The molecule has 152 valence electrons. The number of amides is 1. The van der Waals surface area contributed by atoms with E-state index in [0.29, 0.717) is 30.8 Å². The molecule has 1 aliphatic heterocycles. The maximum atomic E-state index is 12.2. The molecule has 0 aromatic heterocycles. The Morgan fingerprint density at radius 3 is 2.66 bits per heavy atom. The molecular formula is C20H21N3O6. The number of nitro benzene ring substituents is 1. The Bertz CT molecular complexity index is 913. The normalized spacial score (nSPS) is 13.1. The zero-order valence-electron chi connectivity index (χ0n) is 15.6. The van der Waals surface area contributed by atoms with E-state index in [1.54, 1.807) is 30.3 Å². The molecule has 1 unspecified atom stereocenters. The molecule has 1 amide bonds. The fourth-order valence-corrected chi connectivity index (χ4v) is 3.09. The molecule has 0 aliphatic carbocycles. The number of non-ortho nitro benzene ring substituents is 1. The average Bonchev–Trinajstić information content (AvgIpc) is 3.17. The predicted molar refractivity (Wildman–Crippen MR) is 105 cm³/mol. The summed E-state index contributed by atoms with van der Waals surface area (Å²) in [6.07, 6.45) is 1.35. The Balaban J connectivity index is 1.48. The number of rotatable bonds is 9. The zero-order valence-corrected chi connectivity index (χ0v) is 15.6. The first-order valence-electron chi connectivity index (χ1n) is 9.20. The highest BCUT2D eigenvalue weighted by atomic mass is 16.6. The second-order valence-corrected chi connectivity index (χ2v) is 6.64. The van der Waals surface area contributed by atoms with Crippen LogP contribution in [0.25, 0.3) is 0 Å².